The lowest BCUT2D eigenvalue weighted by Gasteiger charge is -2.30. The van der Waals surface area contributed by atoms with E-state index in [1.807, 2.05) is 11.8 Å². The molecule has 2 fully saturated rings. The van der Waals surface area contributed by atoms with Gasteiger partial charge in [0.15, 0.2) is 0 Å². The normalized spacial score (nSPS) is 26.4. The van der Waals surface area contributed by atoms with Gasteiger partial charge in [-0.15, -0.1) is 0 Å². The summed E-state index contributed by atoms with van der Waals surface area (Å²) in [5.74, 6) is 1.09. The average molecular weight is 286 g/mol. The van der Waals surface area contributed by atoms with E-state index in [0.717, 1.165) is 43.6 Å². The predicted octanol–water partition coefficient (Wildman–Crippen LogP) is 1.97. The molecule has 2 aliphatic rings. The van der Waals surface area contributed by atoms with Gasteiger partial charge in [0.1, 0.15) is 5.54 Å². The average Bonchev–Trinajstić information content (AvgIpc) is 2.73. The molecule has 0 radical (unpaired) electrons. The van der Waals surface area contributed by atoms with Gasteiger partial charge >= 0.3 is 12.0 Å². The molecule has 1 aliphatic carbocycles. The second-order valence-electron chi connectivity index (χ2n) is 5.46. The molecule has 3 N–H and O–H groups in total. The third-order valence-corrected chi connectivity index (χ3v) is 5.15. The highest BCUT2D eigenvalue weighted by Gasteiger charge is 2.40. The molecule has 1 heterocycles. The Labute approximate surface area is 117 Å². The zero-order valence-electron chi connectivity index (χ0n) is 11.1. The number of carbonyl (C=O) groups excluding carboxylic acids is 1. The fourth-order valence-corrected chi connectivity index (χ4v) is 3.96. The topological polar surface area (TPSA) is 78.4 Å². The molecular weight excluding hydrogens is 264 g/mol. The van der Waals surface area contributed by atoms with Gasteiger partial charge in [0, 0.05) is 11.8 Å². The number of aliphatic carboxylic acids is 1. The van der Waals surface area contributed by atoms with Crippen molar-refractivity contribution in [2.75, 3.05) is 11.5 Å². The molecular formula is C13H22N2O3S. The maximum atomic E-state index is 12.0. The van der Waals surface area contributed by atoms with Crippen LogP contribution in [0.15, 0.2) is 0 Å². The summed E-state index contributed by atoms with van der Waals surface area (Å²) in [5, 5.41) is 15.1. The van der Waals surface area contributed by atoms with E-state index in [1.165, 1.54) is 0 Å². The molecule has 2 amide bonds. The molecule has 2 rings (SSSR count). The second kappa shape index (κ2) is 6.50. The van der Waals surface area contributed by atoms with Crippen molar-refractivity contribution in [2.24, 2.45) is 0 Å². The van der Waals surface area contributed by atoms with Crippen LogP contribution < -0.4 is 10.6 Å². The first-order valence-corrected chi connectivity index (χ1v) is 8.18. The Kier molecular flexibility index (Phi) is 4.96. The number of nitrogens with one attached hydrogen (secondary N) is 2. The van der Waals surface area contributed by atoms with Gasteiger partial charge in [-0.1, -0.05) is 25.7 Å². The van der Waals surface area contributed by atoms with Gasteiger partial charge in [0.05, 0.1) is 0 Å². The smallest absolute Gasteiger partial charge is 0.329 e. The molecule has 1 atom stereocenters. The number of hydrogen-bond acceptors (Lipinski definition) is 3. The summed E-state index contributed by atoms with van der Waals surface area (Å²) in [7, 11) is 0. The Hall–Kier alpha value is -0.910. The van der Waals surface area contributed by atoms with Crippen molar-refractivity contribution in [1.29, 1.82) is 0 Å². The first-order valence-electron chi connectivity index (χ1n) is 7.02. The number of amides is 2. The summed E-state index contributed by atoms with van der Waals surface area (Å²) in [6.07, 6.45) is 5.88. The second-order valence-corrected chi connectivity index (χ2v) is 6.61. The molecule has 1 saturated carbocycles. The van der Waals surface area contributed by atoms with Gasteiger partial charge in [0.2, 0.25) is 0 Å². The molecule has 0 spiro atoms. The maximum absolute atomic E-state index is 12.0. The summed E-state index contributed by atoms with van der Waals surface area (Å²) in [5.41, 5.74) is -1.06. The van der Waals surface area contributed by atoms with E-state index >= 15 is 0 Å². The molecule has 1 aliphatic heterocycles. The molecule has 19 heavy (non-hydrogen) atoms. The zero-order chi connectivity index (χ0) is 13.7. The Bertz CT molecular complexity index is 335. The summed E-state index contributed by atoms with van der Waals surface area (Å²) in [4.78, 5) is 23.5. The highest BCUT2D eigenvalue weighted by atomic mass is 32.2. The molecule has 0 bridgehead atoms. The van der Waals surface area contributed by atoms with E-state index in [-0.39, 0.29) is 12.1 Å². The molecule has 0 aromatic rings. The zero-order valence-corrected chi connectivity index (χ0v) is 11.9. The van der Waals surface area contributed by atoms with Gasteiger partial charge in [-0.05, 0) is 25.0 Å². The lowest BCUT2D eigenvalue weighted by atomic mass is 9.90. The van der Waals surface area contributed by atoms with Gasteiger partial charge in [0.25, 0.3) is 0 Å². The van der Waals surface area contributed by atoms with Crippen LogP contribution in [-0.2, 0) is 4.79 Å². The van der Waals surface area contributed by atoms with Gasteiger partial charge in [-0.25, -0.2) is 9.59 Å². The minimum Gasteiger partial charge on any atom is -0.480 e. The summed E-state index contributed by atoms with van der Waals surface area (Å²) in [6.45, 7) is 0. The van der Waals surface area contributed by atoms with Crippen LogP contribution >= 0.6 is 11.8 Å². The van der Waals surface area contributed by atoms with Crippen LogP contribution in [0.4, 0.5) is 4.79 Å². The Morgan fingerprint density at radius 2 is 1.84 bits per heavy atom. The first kappa shape index (κ1) is 14.5. The summed E-state index contributed by atoms with van der Waals surface area (Å²) < 4.78 is 0. The van der Waals surface area contributed by atoms with Crippen LogP contribution in [-0.4, -0.2) is 40.2 Å². The number of urea groups is 1. The number of hydrogen-bond donors (Lipinski definition) is 3. The molecule has 0 aromatic heterocycles. The lowest BCUT2D eigenvalue weighted by molar-refractivity contribution is -0.145. The largest absolute Gasteiger partial charge is 0.480 e. The van der Waals surface area contributed by atoms with E-state index < -0.39 is 11.5 Å². The van der Waals surface area contributed by atoms with Crippen molar-refractivity contribution in [2.45, 2.75) is 56.5 Å². The molecule has 1 unspecified atom stereocenters. The van der Waals surface area contributed by atoms with Crippen molar-refractivity contribution in [3.63, 3.8) is 0 Å². The van der Waals surface area contributed by atoms with E-state index in [0.29, 0.717) is 12.8 Å². The quantitative estimate of drug-likeness (QED) is 0.693. The monoisotopic (exact) mass is 286 g/mol. The van der Waals surface area contributed by atoms with Crippen LogP contribution in [0.2, 0.25) is 0 Å². The van der Waals surface area contributed by atoms with Crippen LogP contribution in [0.25, 0.3) is 0 Å². The van der Waals surface area contributed by atoms with Crippen LogP contribution in [0.5, 0.6) is 0 Å². The fraction of sp³-hybridized carbons (Fsp3) is 0.846. The number of carboxylic acids is 1. The molecule has 108 valence electrons. The summed E-state index contributed by atoms with van der Waals surface area (Å²) >= 11 is 1.82. The van der Waals surface area contributed by atoms with Gasteiger partial charge in [-0.2, -0.15) is 11.8 Å². The van der Waals surface area contributed by atoms with E-state index in [2.05, 4.69) is 10.6 Å². The third kappa shape index (κ3) is 3.78. The van der Waals surface area contributed by atoms with Crippen molar-refractivity contribution in [3.8, 4) is 0 Å². The summed E-state index contributed by atoms with van der Waals surface area (Å²) in [6, 6.07) is -0.140. The lowest BCUT2D eigenvalue weighted by Crippen LogP contribution is -2.58. The van der Waals surface area contributed by atoms with E-state index in [1.54, 1.807) is 0 Å². The highest BCUT2D eigenvalue weighted by Crippen LogP contribution is 2.27. The van der Waals surface area contributed by atoms with Crippen molar-refractivity contribution < 1.29 is 14.7 Å². The predicted molar refractivity (Wildman–Crippen MR) is 75.5 cm³/mol. The molecule has 5 nitrogen and oxygen atoms in total. The van der Waals surface area contributed by atoms with Crippen molar-refractivity contribution >= 4 is 23.8 Å². The Morgan fingerprint density at radius 1 is 1.16 bits per heavy atom. The van der Waals surface area contributed by atoms with Gasteiger partial charge < -0.3 is 15.7 Å². The highest BCUT2D eigenvalue weighted by molar-refractivity contribution is 7.99. The van der Waals surface area contributed by atoms with Crippen LogP contribution in [0, 0.1) is 0 Å². The number of carboxylic acid groups (broad SMARTS) is 1. The van der Waals surface area contributed by atoms with Crippen LogP contribution in [0.1, 0.15) is 44.9 Å². The van der Waals surface area contributed by atoms with E-state index in [9.17, 15) is 14.7 Å². The van der Waals surface area contributed by atoms with Crippen molar-refractivity contribution in [3.05, 3.63) is 0 Å². The molecule has 0 aromatic carbocycles. The fourth-order valence-electron chi connectivity index (χ4n) is 2.81. The Morgan fingerprint density at radius 3 is 2.37 bits per heavy atom. The van der Waals surface area contributed by atoms with Gasteiger partial charge in [-0.3, -0.25) is 0 Å². The number of rotatable bonds is 3. The number of thioether (sulfide) groups is 1. The standard InChI is InChI=1S/C13H22N2O3S/c16-11(17)13(6-3-1-2-4-7-13)15-12(18)14-10-5-8-19-9-10/h10H,1-9H2,(H,16,17)(H2,14,15,18). The molecule has 1 saturated heterocycles. The molecule has 6 heteroatoms. The first-order chi connectivity index (χ1) is 9.12. The Balaban J connectivity index is 1.94. The minimum absolute atomic E-state index is 0.182. The van der Waals surface area contributed by atoms with E-state index in [4.69, 9.17) is 0 Å². The van der Waals surface area contributed by atoms with Crippen LogP contribution in [0.3, 0.4) is 0 Å². The SMILES string of the molecule is O=C(NC1CCSC1)NC1(C(=O)O)CCCCCC1. The maximum Gasteiger partial charge on any atom is 0.329 e. The minimum atomic E-state index is -1.06. The number of carbonyl (C=O) groups is 2. The third-order valence-electron chi connectivity index (χ3n) is 3.98. The van der Waals surface area contributed by atoms with Crippen molar-refractivity contribution in [1.82, 2.24) is 10.6 Å².